The second-order valence-electron chi connectivity index (χ2n) is 6.73. The van der Waals surface area contributed by atoms with Gasteiger partial charge in [-0.1, -0.05) is 0 Å². The number of hydrogen-bond donors (Lipinski definition) is 0. The van der Waals surface area contributed by atoms with Gasteiger partial charge in [0.1, 0.15) is 5.69 Å². The van der Waals surface area contributed by atoms with Gasteiger partial charge in [-0.25, -0.2) is 15.0 Å². The normalized spacial score (nSPS) is 19.6. The van der Waals surface area contributed by atoms with E-state index in [0.717, 1.165) is 29.1 Å². The molecule has 0 amide bonds. The highest BCUT2D eigenvalue weighted by Gasteiger charge is 2.42. The van der Waals surface area contributed by atoms with Crippen LogP contribution in [0.2, 0.25) is 0 Å². The molecule has 0 aliphatic heterocycles. The van der Waals surface area contributed by atoms with Crippen molar-refractivity contribution in [2.75, 3.05) is 0 Å². The molecule has 0 saturated heterocycles. The Bertz CT molecular complexity index is 1090. The van der Waals surface area contributed by atoms with Crippen molar-refractivity contribution in [1.82, 2.24) is 39.1 Å². The molecule has 1 aliphatic rings. The fraction of sp³-hybridized carbons (Fsp3) is 0.353. The van der Waals surface area contributed by atoms with Gasteiger partial charge >= 0.3 is 0 Å². The SMILES string of the molecule is Cn1cc(C2CC2c2cc(-c3cnc4ncn(C)c4n3)n(C)n2)cn1. The quantitative estimate of drug-likeness (QED) is 0.570. The first-order valence-corrected chi connectivity index (χ1v) is 8.27. The zero-order valence-corrected chi connectivity index (χ0v) is 14.3. The number of imidazole rings is 1. The molecule has 4 aromatic heterocycles. The molecule has 1 fully saturated rings. The topological polar surface area (TPSA) is 79.2 Å². The van der Waals surface area contributed by atoms with Gasteiger partial charge in [0, 0.05) is 33.3 Å². The maximum Gasteiger partial charge on any atom is 0.197 e. The van der Waals surface area contributed by atoms with E-state index in [1.165, 1.54) is 5.56 Å². The van der Waals surface area contributed by atoms with Crippen LogP contribution in [0, 0.1) is 0 Å². The highest BCUT2D eigenvalue weighted by atomic mass is 15.3. The van der Waals surface area contributed by atoms with E-state index < -0.39 is 0 Å². The summed E-state index contributed by atoms with van der Waals surface area (Å²) < 4.78 is 5.62. The fourth-order valence-corrected chi connectivity index (χ4v) is 3.45. The van der Waals surface area contributed by atoms with Gasteiger partial charge in [0.2, 0.25) is 0 Å². The monoisotopic (exact) mass is 334 g/mol. The minimum absolute atomic E-state index is 0.456. The highest BCUT2D eigenvalue weighted by Crippen LogP contribution is 2.54. The molecule has 0 N–H and O–H groups in total. The van der Waals surface area contributed by atoms with Crippen LogP contribution < -0.4 is 0 Å². The lowest BCUT2D eigenvalue weighted by Crippen LogP contribution is -1.98. The van der Waals surface area contributed by atoms with E-state index in [1.54, 1.807) is 12.5 Å². The van der Waals surface area contributed by atoms with Crippen LogP contribution in [-0.4, -0.2) is 39.1 Å². The number of hydrogen-bond acceptors (Lipinski definition) is 5. The molecule has 2 unspecified atom stereocenters. The lowest BCUT2D eigenvalue weighted by Gasteiger charge is -2.01. The molecule has 5 rings (SSSR count). The van der Waals surface area contributed by atoms with E-state index in [0.29, 0.717) is 17.5 Å². The van der Waals surface area contributed by atoms with Crippen molar-refractivity contribution in [2.45, 2.75) is 18.3 Å². The molecular formula is C17H18N8. The predicted molar refractivity (Wildman–Crippen MR) is 91.8 cm³/mol. The summed E-state index contributed by atoms with van der Waals surface area (Å²) in [4.78, 5) is 13.3. The first kappa shape index (κ1) is 14.3. The van der Waals surface area contributed by atoms with Crippen LogP contribution in [0.25, 0.3) is 22.7 Å². The van der Waals surface area contributed by atoms with Crippen LogP contribution in [0.4, 0.5) is 0 Å². The Balaban J connectivity index is 1.48. The fourth-order valence-electron chi connectivity index (χ4n) is 3.45. The summed E-state index contributed by atoms with van der Waals surface area (Å²) in [6.07, 6.45) is 8.66. The van der Waals surface area contributed by atoms with Crippen molar-refractivity contribution < 1.29 is 0 Å². The standard InChI is InChI=1S/C17H18N8/c1-23-9-19-16-17(23)21-14(7-18-16)15-5-13(22-25(15)3)12-4-11(12)10-6-20-24(2)8-10/h5-9,11-12H,4H2,1-3H3. The highest BCUT2D eigenvalue weighted by molar-refractivity contribution is 5.69. The molecule has 1 aliphatic carbocycles. The molecule has 0 aromatic carbocycles. The average Bonchev–Trinajstić information content (AvgIpc) is 2.91. The molecule has 4 heterocycles. The average molecular weight is 334 g/mol. The van der Waals surface area contributed by atoms with Gasteiger partial charge in [-0.05, 0) is 24.0 Å². The zero-order chi connectivity index (χ0) is 17.1. The Morgan fingerprint density at radius 2 is 1.96 bits per heavy atom. The van der Waals surface area contributed by atoms with Crippen LogP contribution in [0.3, 0.4) is 0 Å². The summed E-state index contributed by atoms with van der Waals surface area (Å²) >= 11 is 0. The van der Waals surface area contributed by atoms with Gasteiger partial charge in [0.25, 0.3) is 0 Å². The first-order chi connectivity index (χ1) is 12.1. The van der Waals surface area contributed by atoms with Crippen molar-refractivity contribution in [3.05, 3.63) is 42.2 Å². The number of rotatable bonds is 3. The van der Waals surface area contributed by atoms with Gasteiger partial charge in [-0.2, -0.15) is 10.2 Å². The van der Waals surface area contributed by atoms with Crippen molar-refractivity contribution in [2.24, 2.45) is 21.1 Å². The number of nitrogens with zero attached hydrogens (tertiary/aromatic N) is 8. The lowest BCUT2D eigenvalue weighted by atomic mass is 10.1. The third kappa shape index (κ3) is 2.25. The molecule has 8 nitrogen and oxygen atoms in total. The molecule has 1 saturated carbocycles. The van der Waals surface area contributed by atoms with E-state index >= 15 is 0 Å². The Kier molecular flexibility index (Phi) is 2.85. The Morgan fingerprint density at radius 1 is 1.08 bits per heavy atom. The molecule has 8 heteroatoms. The van der Waals surface area contributed by atoms with Crippen LogP contribution in [0.5, 0.6) is 0 Å². The Hall–Kier alpha value is -3.03. The van der Waals surface area contributed by atoms with Gasteiger partial charge in [0.05, 0.1) is 30.1 Å². The van der Waals surface area contributed by atoms with Crippen LogP contribution in [0.1, 0.15) is 29.5 Å². The molecule has 0 bridgehead atoms. The number of aromatic nitrogens is 8. The molecule has 0 radical (unpaired) electrons. The van der Waals surface area contributed by atoms with Crippen LogP contribution >= 0.6 is 0 Å². The molecular weight excluding hydrogens is 316 g/mol. The smallest absolute Gasteiger partial charge is 0.197 e. The number of fused-ring (bicyclic) bond motifs is 1. The maximum absolute atomic E-state index is 4.72. The summed E-state index contributed by atoms with van der Waals surface area (Å²) in [7, 11) is 5.83. The van der Waals surface area contributed by atoms with Gasteiger partial charge < -0.3 is 4.57 Å². The summed E-state index contributed by atoms with van der Waals surface area (Å²) in [6.45, 7) is 0. The van der Waals surface area contributed by atoms with Gasteiger partial charge in [0.15, 0.2) is 11.3 Å². The summed E-state index contributed by atoms with van der Waals surface area (Å²) in [5, 5.41) is 8.99. The lowest BCUT2D eigenvalue weighted by molar-refractivity contribution is 0.744. The van der Waals surface area contributed by atoms with E-state index in [4.69, 9.17) is 10.1 Å². The molecule has 0 spiro atoms. The van der Waals surface area contributed by atoms with E-state index in [-0.39, 0.29) is 0 Å². The summed E-state index contributed by atoms with van der Waals surface area (Å²) in [5.74, 6) is 0.972. The van der Waals surface area contributed by atoms with Gasteiger partial charge in [-0.15, -0.1) is 0 Å². The predicted octanol–water partition coefficient (Wildman–Crippen LogP) is 1.77. The largest absolute Gasteiger partial charge is 0.317 e. The maximum atomic E-state index is 4.72. The Morgan fingerprint density at radius 3 is 2.76 bits per heavy atom. The molecule has 2 atom stereocenters. The molecule has 25 heavy (non-hydrogen) atoms. The first-order valence-electron chi connectivity index (χ1n) is 8.27. The van der Waals surface area contributed by atoms with Crippen molar-refractivity contribution >= 4 is 11.3 Å². The Labute approximate surface area is 144 Å². The minimum atomic E-state index is 0.456. The minimum Gasteiger partial charge on any atom is -0.317 e. The van der Waals surface area contributed by atoms with E-state index in [9.17, 15) is 0 Å². The second kappa shape index (κ2) is 4.98. The summed E-state index contributed by atoms with van der Waals surface area (Å²) in [5.41, 5.74) is 5.62. The van der Waals surface area contributed by atoms with Crippen LogP contribution in [0.15, 0.2) is 31.0 Å². The van der Waals surface area contributed by atoms with Crippen molar-refractivity contribution in [3.8, 4) is 11.4 Å². The van der Waals surface area contributed by atoms with Crippen LogP contribution in [-0.2, 0) is 21.1 Å². The van der Waals surface area contributed by atoms with E-state index in [2.05, 4.69) is 27.3 Å². The third-order valence-corrected chi connectivity index (χ3v) is 4.91. The van der Waals surface area contributed by atoms with Crippen molar-refractivity contribution in [3.63, 3.8) is 0 Å². The number of aryl methyl sites for hydroxylation is 3. The molecule has 126 valence electrons. The van der Waals surface area contributed by atoms with Gasteiger partial charge in [-0.3, -0.25) is 9.36 Å². The van der Waals surface area contributed by atoms with E-state index in [1.807, 2.05) is 41.3 Å². The van der Waals surface area contributed by atoms with Crippen molar-refractivity contribution in [1.29, 1.82) is 0 Å². The molecule has 4 aromatic rings. The zero-order valence-electron chi connectivity index (χ0n) is 14.3. The second-order valence-corrected chi connectivity index (χ2v) is 6.73. The third-order valence-electron chi connectivity index (χ3n) is 4.91. The summed E-state index contributed by atoms with van der Waals surface area (Å²) in [6, 6.07) is 2.13.